The van der Waals surface area contributed by atoms with Crippen molar-refractivity contribution in [3.8, 4) is 0 Å². The Bertz CT molecular complexity index is 972. The van der Waals surface area contributed by atoms with Crippen LogP contribution in [0.2, 0.25) is 5.02 Å². The van der Waals surface area contributed by atoms with Gasteiger partial charge < -0.3 is 9.80 Å². The average molecular weight is 444 g/mol. The van der Waals surface area contributed by atoms with E-state index in [-0.39, 0.29) is 16.5 Å². The minimum Gasteiger partial charge on any atom is -0.339 e. The third-order valence-corrected chi connectivity index (χ3v) is 7.54. The number of rotatable bonds is 3. The molecule has 3 fully saturated rings. The first-order valence-electron chi connectivity index (χ1n) is 11.3. The van der Waals surface area contributed by atoms with Crippen LogP contribution in [0.3, 0.4) is 0 Å². The van der Waals surface area contributed by atoms with E-state index in [1.54, 1.807) is 6.07 Å². The number of amides is 1. The zero-order valence-corrected chi connectivity index (χ0v) is 18.3. The van der Waals surface area contributed by atoms with Gasteiger partial charge in [0.15, 0.2) is 0 Å². The lowest BCUT2D eigenvalue weighted by Gasteiger charge is -2.51. The second kappa shape index (κ2) is 8.34. The van der Waals surface area contributed by atoms with E-state index in [4.69, 9.17) is 16.6 Å². The highest BCUT2D eigenvalue weighted by atomic mass is 35.5. The van der Waals surface area contributed by atoms with Crippen molar-refractivity contribution in [2.45, 2.75) is 69.2 Å². The summed E-state index contributed by atoms with van der Waals surface area (Å²) < 4.78 is 14.2. The van der Waals surface area contributed by atoms with Crippen LogP contribution < -0.4 is 9.80 Å². The van der Waals surface area contributed by atoms with Crippen molar-refractivity contribution in [2.24, 2.45) is 0 Å². The topological polar surface area (TPSA) is 62.2 Å². The smallest absolute Gasteiger partial charge is 0.245 e. The third-order valence-electron chi connectivity index (χ3n) is 7.23. The molecule has 1 aromatic heterocycles. The Morgan fingerprint density at radius 2 is 1.87 bits per heavy atom. The minimum atomic E-state index is -0.492. The van der Waals surface area contributed by atoms with Gasteiger partial charge in [-0.2, -0.15) is 5.10 Å². The highest BCUT2D eigenvalue weighted by Gasteiger charge is 2.45. The number of piperidine rings is 2. The molecular weight excluding hydrogens is 417 g/mol. The van der Waals surface area contributed by atoms with Crippen LogP contribution in [-0.2, 0) is 4.79 Å². The fraction of sp³-hybridized carbons (Fsp3) is 0.565. The molecule has 0 bridgehead atoms. The second-order valence-corrected chi connectivity index (χ2v) is 9.46. The predicted octanol–water partition coefficient (Wildman–Crippen LogP) is 4.88. The van der Waals surface area contributed by atoms with E-state index in [0.717, 1.165) is 44.5 Å². The van der Waals surface area contributed by atoms with Gasteiger partial charge in [0.05, 0.1) is 22.5 Å². The Morgan fingerprint density at radius 3 is 2.61 bits per heavy atom. The van der Waals surface area contributed by atoms with Crippen LogP contribution in [0.5, 0.6) is 0 Å². The summed E-state index contributed by atoms with van der Waals surface area (Å²) >= 11 is 5.88. The molecule has 1 aromatic carbocycles. The van der Waals surface area contributed by atoms with Gasteiger partial charge in [-0.1, -0.05) is 24.4 Å². The molecule has 1 amide bonds. The lowest BCUT2D eigenvalue weighted by Crippen LogP contribution is -2.60. The number of nitrogens with zero attached hydrogens (tertiary/aromatic N) is 5. The average Bonchev–Trinajstić information content (AvgIpc) is 3.32. The summed E-state index contributed by atoms with van der Waals surface area (Å²) in [5.41, 5.74) is 1.35. The van der Waals surface area contributed by atoms with Gasteiger partial charge in [-0.25, -0.2) is 9.37 Å². The number of anilines is 2. The normalized spacial score (nSPS) is 21.8. The van der Waals surface area contributed by atoms with Gasteiger partial charge >= 0.3 is 0 Å². The van der Waals surface area contributed by atoms with Crippen LogP contribution in [0.25, 0.3) is 0 Å². The van der Waals surface area contributed by atoms with Crippen LogP contribution in [0.4, 0.5) is 16.0 Å². The van der Waals surface area contributed by atoms with E-state index in [2.05, 4.69) is 15.1 Å². The Morgan fingerprint density at radius 1 is 1.10 bits per heavy atom. The van der Waals surface area contributed by atoms with Gasteiger partial charge in [0.1, 0.15) is 5.82 Å². The molecule has 0 atom stereocenters. The highest BCUT2D eigenvalue weighted by molar-refractivity contribution is 6.30. The minimum absolute atomic E-state index is 0.0579. The number of benzene rings is 1. The summed E-state index contributed by atoms with van der Waals surface area (Å²) in [6.07, 6.45) is 10.5. The molecule has 2 aromatic rings. The molecule has 0 N–H and O–H groups in total. The zero-order chi connectivity index (χ0) is 21.4. The van der Waals surface area contributed by atoms with Crippen LogP contribution in [-0.4, -0.2) is 39.7 Å². The summed E-state index contributed by atoms with van der Waals surface area (Å²) in [4.78, 5) is 21.8. The van der Waals surface area contributed by atoms with E-state index in [1.165, 1.54) is 37.8 Å². The first-order valence-corrected chi connectivity index (χ1v) is 11.7. The van der Waals surface area contributed by atoms with Crippen molar-refractivity contribution in [1.82, 2.24) is 15.2 Å². The number of carbonyl (C=O) groups excluding carboxylic acids is 1. The van der Waals surface area contributed by atoms with Crippen molar-refractivity contribution < 1.29 is 9.18 Å². The third kappa shape index (κ3) is 3.88. The SMILES string of the molecule is O=C1CCCC2(CCN(c3nncc(C4CCCC4)n3)CC2)N1c1ccc(Cl)c(F)c1. The monoisotopic (exact) mass is 443 g/mol. The predicted molar refractivity (Wildman–Crippen MR) is 118 cm³/mol. The second-order valence-electron chi connectivity index (χ2n) is 9.06. The fourth-order valence-corrected chi connectivity index (χ4v) is 5.67. The van der Waals surface area contributed by atoms with Gasteiger partial charge in [-0.15, -0.1) is 5.10 Å². The van der Waals surface area contributed by atoms with Crippen LogP contribution in [0, 0.1) is 5.82 Å². The van der Waals surface area contributed by atoms with E-state index >= 15 is 0 Å². The summed E-state index contributed by atoms with van der Waals surface area (Å²) in [6.45, 7) is 1.49. The molecule has 3 aliphatic rings. The summed E-state index contributed by atoms with van der Waals surface area (Å²) in [6, 6.07) is 4.67. The standard InChI is InChI=1S/C23H27ClFN5O/c24-18-8-7-17(14-19(18)25)30-21(31)6-3-9-23(30)10-12-29(13-11-23)22-27-20(15-26-28-22)16-4-1-2-5-16/h7-8,14-16H,1-6,9-13H2. The van der Waals surface area contributed by atoms with Gasteiger partial charge in [0.25, 0.3) is 0 Å². The molecule has 164 valence electrons. The fourth-order valence-electron chi connectivity index (χ4n) is 5.55. The Labute approximate surface area is 186 Å². The van der Waals surface area contributed by atoms with Gasteiger partial charge in [0, 0.05) is 31.1 Å². The summed E-state index contributed by atoms with van der Waals surface area (Å²) in [5.74, 6) is 0.748. The van der Waals surface area contributed by atoms with Crippen molar-refractivity contribution in [2.75, 3.05) is 22.9 Å². The Kier molecular flexibility index (Phi) is 5.54. The van der Waals surface area contributed by atoms with Gasteiger partial charge in [-0.3, -0.25) is 4.79 Å². The van der Waals surface area contributed by atoms with Crippen LogP contribution in [0.15, 0.2) is 24.4 Å². The molecule has 1 saturated carbocycles. The van der Waals surface area contributed by atoms with Crippen molar-refractivity contribution in [1.29, 1.82) is 0 Å². The zero-order valence-electron chi connectivity index (χ0n) is 17.6. The maximum atomic E-state index is 14.2. The maximum Gasteiger partial charge on any atom is 0.245 e. The molecule has 2 aliphatic heterocycles. The highest BCUT2D eigenvalue weighted by Crippen LogP contribution is 2.42. The summed E-state index contributed by atoms with van der Waals surface area (Å²) in [7, 11) is 0. The first-order chi connectivity index (χ1) is 15.1. The Hall–Kier alpha value is -2.28. The van der Waals surface area contributed by atoms with Gasteiger partial charge in [-0.05, 0) is 56.7 Å². The molecular formula is C23H27ClFN5O. The maximum absolute atomic E-state index is 14.2. The molecule has 1 aliphatic carbocycles. The largest absolute Gasteiger partial charge is 0.339 e. The number of halogens is 2. The molecule has 5 rings (SSSR count). The lowest BCUT2D eigenvalue weighted by atomic mass is 9.78. The Balaban J connectivity index is 1.36. The van der Waals surface area contributed by atoms with Crippen molar-refractivity contribution in [3.63, 3.8) is 0 Å². The summed E-state index contributed by atoms with van der Waals surface area (Å²) in [5, 5.41) is 8.60. The van der Waals surface area contributed by atoms with E-state index in [1.807, 2.05) is 11.1 Å². The molecule has 3 heterocycles. The van der Waals surface area contributed by atoms with E-state index in [0.29, 0.717) is 24.0 Å². The van der Waals surface area contributed by atoms with Crippen molar-refractivity contribution >= 4 is 29.1 Å². The number of hydrogen-bond acceptors (Lipinski definition) is 5. The number of aromatic nitrogens is 3. The molecule has 8 heteroatoms. The van der Waals surface area contributed by atoms with Gasteiger partial charge in [0.2, 0.25) is 11.9 Å². The number of hydrogen-bond donors (Lipinski definition) is 0. The quantitative estimate of drug-likeness (QED) is 0.676. The molecule has 31 heavy (non-hydrogen) atoms. The molecule has 0 radical (unpaired) electrons. The van der Waals surface area contributed by atoms with Crippen LogP contribution >= 0.6 is 11.6 Å². The van der Waals surface area contributed by atoms with Crippen molar-refractivity contribution in [3.05, 3.63) is 40.9 Å². The van der Waals surface area contributed by atoms with E-state index < -0.39 is 5.82 Å². The molecule has 0 unspecified atom stereocenters. The first kappa shape index (κ1) is 20.6. The molecule has 1 spiro atoms. The molecule has 6 nitrogen and oxygen atoms in total. The molecule has 2 saturated heterocycles. The van der Waals surface area contributed by atoms with E-state index in [9.17, 15) is 9.18 Å². The number of carbonyl (C=O) groups is 1. The van der Waals surface area contributed by atoms with Crippen LogP contribution in [0.1, 0.15) is 69.4 Å². The lowest BCUT2D eigenvalue weighted by molar-refractivity contribution is -0.121.